The van der Waals surface area contributed by atoms with E-state index < -0.39 is 4.92 Å². The van der Waals surface area contributed by atoms with Gasteiger partial charge >= 0.3 is 0 Å². The lowest BCUT2D eigenvalue weighted by molar-refractivity contribution is -0.384. The number of ether oxygens (including phenoxy) is 1. The highest BCUT2D eigenvalue weighted by atomic mass is 16.6. The summed E-state index contributed by atoms with van der Waals surface area (Å²) in [4.78, 5) is 10.4. The van der Waals surface area contributed by atoms with Gasteiger partial charge in [-0.3, -0.25) is 16.0 Å². The van der Waals surface area contributed by atoms with Crippen LogP contribution in [0.5, 0.6) is 5.75 Å². The SMILES string of the molecule is COc1ccc(Nc2cc(NN)cc([N+](=O)[O-])c2)cc1C. The van der Waals surface area contributed by atoms with Crippen molar-refractivity contribution in [1.29, 1.82) is 0 Å². The first-order valence-corrected chi connectivity index (χ1v) is 6.21. The van der Waals surface area contributed by atoms with E-state index in [-0.39, 0.29) is 5.69 Å². The van der Waals surface area contributed by atoms with Crippen LogP contribution in [0.2, 0.25) is 0 Å². The maximum Gasteiger partial charge on any atom is 0.273 e. The molecule has 2 rings (SSSR count). The van der Waals surface area contributed by atoms with Crippen molar-refractivity contribution in [3.05, 3.63) is 52.1 Å². The van der Waals surface area contributed by atoms with Gasteiger partial charge < -0.3 is 15.5 Å². The van der Waals surface area contributed by atoms with Crippen molar-refractivity contribution in [3.8, 4) is 5.75 Å². The number of nitrogen functional groups attached to an aromatic ring is 1. The van der Waals surface area contributed by atoms with Gasteiger partial charge in [0.2, 0.25) is 0 Å². The molecular weight excluding hydrogens is 272 g/mol. The Labute approximate surface area is 121 Å². The second kappa shape index (κ2) is 6.10. The second-order valence-electron chi connectivity index (χ2n) is 4.48. The molecule has 7 heteroatoms. The molecule has 0 saturated heterocycles. The zero-order valence-corrected chi connectivity index (χ0v) is 11.7. The number of nitro benzene ring substituents is 1. The topological polar surface area (TPSA) is 102 Å². The molecule has 0 saturated carbocycles. The van der Waals surface area contributed by atoms with Crippen LogP contribution in [0.25, 0.3) is 0 Å². The molecule has 0 aliphatic rings. The fraction of sp³-hybridized carbons (Fsp3) is 0.143. The normalized spacial score (nSPS) is 10.0. The number of non-ortho nitro benzene ring substituents is 1. The fourth-order valence-electron chi connectivity index (χ4n) is 1.99. The summed E-state index contributed by atoms with van der Waals surface area (Å²) >= 11 is 0. The number of hydrogen-bond donors (Lipinski definition) is 3. The van der Waals surface area contributed by atoms with E-state index in [0.717, 1.165) is 17.0 Å². The van der Waals surface area contributed by atoms with Gasteiger partial charge in [0.1, 0.15) is 5.75 Å². The maximum atomic E-state index is 10.9. The molecule has 110 valence electrons. The number of nitrogens with two attached hydrogens (primary N) is 1. The molecule has 0 bridgehead atoms. The first-order valence-electron chi connectivity index (χ1n) is 6.21. The van der Waals surface area contributed by atoms with Crippen molar-refractivity contribution in [1.82, 2.24) is 0 Å². The Morgan fingerprint density at radius 3 is 2.43 bits per heavy atom. The third kappa shape index (κ3) is 3.40. The highest BCUT2D eigenvalue weighted by Crippen LogP contribution is 2.28. The molecule has 0 heterocycles. The Morgan fingerprint density at radius 2 is 1.86 bits per heavy atom. The van der Waals surface area contributed by atoms with E-state index in [1.165, 1.54) is 12.1 Å². The van der Waals surface area contributed by atoms with Gasteiger partial charge in [-0.15, -0.1) is 0 Å². The van der Waals surface area contributed by atoms with E-state index in [0.29, 0.717) is 11.4 Å². The minimum Gasteiger partial charge on any atom is -0.496 e. The lowest BCUT2D eigenvalue weighted by Crippen LogP contribution is -2.07. The molecule has 2 aromatic rings. The molecule has 0 spiro atoms. The average Bonchev–Trinajstić information content (AvgIpc) is 2.47. The van der Waals surface area contributed by atoms with Gasteiger partial charge in [-0.05, 0) is 36.8 Å². The Hall–Kier alpha value is -2.80. The molecule has 0 amide bonds. The molecule has 0 unspecified atom stereocenters. The third-order valence-electron chi connectivity index (χ3n) is 2.98. The van der Waals surface area contributed by atoms with Crippen molar-refractivity contribution in [2.24, 2.45) is 5.84 Å². The molecule has 0 aliphatic heterocycles. The third-order valence-corrected chi connectivity index (χ3v) is 2.98. The van der Waals surface area contributed by atoms with Crippen molar-refractivity contribution in [2.75, 3.05) is 17.9 Å². The molecule has 0 atom stereocenters. The highest BCUT2D eigenvalue weighted by molar-refractivity contribution is 5.69. The van der Waals surface area contributed by atoms with Crippen LogP contribution in [-0.4, -0.2) is 12.0 Å². The minimum absolute atomic E-state index is 0.0433. The molecule has 2 aromatic carbocycles. The number of benzene rings is 2. The average molecular weight is 288 g/mol. The number of hydrogen-bond acceptors (Lipinski definition) is 6. The quantitative estimate of drug-likeness (QED) is 0.444. The first kappa shape index (κ1) is 14.6. The van der Waals surface area contributed by atoms with E-state index in [4.69, 9.17) is 10.6 Å². The smallest absolute Gasteiger partial charge is 0.273 e. The van der Waals surface area contributed by atoms with Crippen LogP contribution in [-0.2, 0) is 0 Å². The predicted molar refractivity (Wildman–Crippen MR) is 81.9 cm³/mol. The standard InChI is InChI=1S/C14H16N4O3/c1-9-5-10(3-4-14(9)21-2)16-11-6-12(17-15)8-13(7-11)18(19)20/h3-8,16-17H,15H2,1-2H3. The number of nitro groups is 1. The summed E-state index contributed by atoms with van der Waals surface area (Å²) in [5.41, 5.74) is 5.16. The van der Waals surface area contributed by atoms with Crippen LogP contribution in [0.15, 0.2) is 36.4 Å². The van der Waals surface area contributed by atoms with Gasteiger partial charge in [-0.25, -0.2) is 0 Å². The highest BCUT2D eigenvalue weighted by Gasteiger charge is 2.10. The van der Waals surface area contributed by atoms with E-state index in [1.807, 2.05) is 25.1 Å². The molecule has 0 aromatic heterocycles. The monoisotopic (exact) mass is 288 g/mol. The number of hydrazine groups is 1. The van der Waals surface area contributed by atoms with Crippen LogP contribution < -0.4 is 21.3 Å². The summed E-state index contributed by atoms with van der Waals surface area (Å²) in [5.74, 6) is 6.11. The molecule has 0 aliphatic carbocycles. The fourth-order valence-corrected chi connectivity index (χ4v) is 1.99. The van der Waals surface area contributed by atoms with Gasteiger partial charge in [0, 0.05) is 23.5 Å². The Morgan fingerprint density at radius 1 is 1.14 bits per heavy atom. The van der Waals surface area contributed by atoms with E-state index in [2.05, 4.69) is 10.7 Å². The lowest BCUT2D eigenvalue weighted by atomic mass is 10.2. The molecule has 0 fully saturated rings. The molecule has 21 heavy (non-hydrogen) atoms. The van der Waals surface area contributed by atoms with Gasteiger partial charge in [-0.2, -0.15) is 0 Å². The molecule has 4 N–H and O–H groups in total. The predicted octanol–water partition coefficient (Wildman–Crippen LogP) is 2.94. The summed E-state index contributed by atoms with van der Waals surface area (Å²) in [5, 5.41) is 14.0. The minimum atomic E-state index is -0.467. The first-order chi connectivity index (χ1) is 10.0. The molecular formula is C14H16N4O3. The number of methoxy groups -OCH3 is 1. The summed E-state index contributed by atoms with van der Waals surface area (Å²) < 4.78 is 5.19. The van der Waals surface area contributed by atoms with Gasteiger partial charge in [0.15, 0.2) is 0 Å². The second-order valence-corrected chi connectivity index (χ2v) is 4.48. The Kier molecular flexibility index (Phi) is 4.24. The van der Waals surface area contributed by atoms with Crippen LogP contribution in [0, 0.1) is 17.0 Å². The summed E-state index contributed by atoms with van der Waals surface area (Å²) in [6.07, 6.45) is 0. The largest absolute Gasteiger partial charge is 0.496 e. The molecule has 0 radical (unpaired) electrons. The van der Waals surface area contributed by atoms with Gasteiger partial charge in [0.25, 0.3) is 5.69 Å². The van der Waals surface area contributed by atoms with Crippen LogP contribution >= 0.6 is 0 Å². The zero-order chi connectivity index (χ0) is 15.4. The number of aryl methyl sites for hydroxylation is 1. The van der Waals surface area contributed by atoms with Crippen LogP contribution in [0.1, 0.15) is 5.56 Å². The number of nitrogens with zero attached hydrogens (tertiary/aromatic N) is 1. The van der Waals surface area contributed by atoms with E-state index >= 15 is 0 Å². The maximum absolute atomic E-state index is 10.9. The summed E-state index contributed by atoms with van der Waals surface area (Å²) in [6, 6.07) is 10.1. The zero-order valence-electron chi connectivity index (χ0n) is 11.7. The van der Waals surface area contributed by atoms with E-state index in [9.17, 15) is 10.1 Å². The van der Waals surface area contributed by atoms with Crippen molar-refractivity contribution in [3.63, 3.8) is 0 Å². The lowest BCUT2D eigenvalue weighted by Gasteiger charge is -2.11. The number of anilines is 3. The summed E-state index contributed by atoms with van der Waals surface area (Å²) in [6.45, 7) is 1.92. The van der Waals surface area contributed by atoms with Crippen LogP contribution in [0.4, 0.5) is 22.7 Å². The number of nitrogens with one attached hydrogen (secondary N) is 2. The van der Waals surface area contributed by atoms with Crippen molar-refractivity contribution < 1.29 is 9.66 Å². The Bertz CT molecular complexity index is 673. The van der Waals surface area contributed by atoms with Gasteiger partial charge in [0.05, 0.1) is 17.7 Å². The van der Waals surface area contributed by atoms with E-state index in [1.54, 1.807) is 13.2 Å². The summed E-state index contributed by atoms with van der Waals surface area (Å²) in [7, 11) is 1.61. The Balaban J connectivity index is 2.32. The van der Waals surface area contributed by atoms with Crippen LogP contribution in [0.3, 0.4) is 0 Å². The molecule has 7 nitrogen and oxygen atoms in total. The van der Waals surface area contributed by atoms with Crippen molar-refractivity contribution >= 4 is 22.7 Å². The number of rotatable bonds is 5. The van der Waals surface area contributed by atoms with Gasteiger partial charge in [-0.1, -0.05) is 0 Å². The van der Waals surface area contributed by atoms with Crippen molar-refractivity contribution in [2.45, 2.75) is 6.92 Å².